The smallest absolute Gasteiger partial charge is 0.241 e. The average molecular weight is 288 g/mol. The minimum Gasteiger partial charge on any atom is -0.364 e. The first-order valence-corrected chi connectivity index (χ1v) is 7.52. The summed E-state index contributed by atoms with van der Waals surface area (Å²) in [6.45, 7) is 0.0993. The van der Waals surface area contributed by atoms with Gasteiger partial charge < -0.3 is 4.52 Å². The minimum atomic E-state index is -3.59. The molecule has 0 atom stereocenters. The summed E-state index contributed by atoms with van der Waals surface area (Å²) in [5.74, 6) is 0. The van der Waals surface area contributed by atoms with Gasteiger partial charge in [-0.05, 0) is 11.5 Å². The fourth-order valence-corrected chi connectivity index (χ4v) is 3.23. The molecular formula is C14H12N2O3S. The Kier molecular flexibility index (Phi) is 3.25. The summed E-state index contributed by atoms with van der Waals surface area (Å²) in [5, 5.41) is 5.26. The van der Waals surface area contributed by atoms with Crippen LogP contribution in [0.5, 0.6) is 0 Å². The van der Waals surface area contributed by atoms with Gasteiger partial charge in [-0.15, -0.1) is 0 Å². The van der Waals surface area contributed by atoms with Crippen molar-refractivity contribution in [3.63, 3.8) is 0 Å². The monoisotopic (exact) mass is 288 g/mol. The van der Waals surface area contributed by atoms with Gasteiger partial charge in [0.05, 0.1) is 17.1 Å². The van der Waals surface area contributed by atoms with Crippen molar-refractivity contribution in [2.45, 2.75) is 11.4 Å². The molecule has 0 unspecified atom stereocenters. The molecule has 0 saturated carbocycles. The van der Waals surface area contributed by atoms with Gasteiger partial charge in [0.15, 0.2) is 0 Å². The lowest BCUT2D eigenvalue weighted by atomic mass is 10.1. The summed E-state index contributed by atoms with van der Waals surface area (Å²) in [4.78, 5) is 0.263. The maximum Gasteiger partial charge on any atom is 0.241 e. The molecule has 0 amide bonds. The van der Waals surface area contributed by atoms with E-state index in [0.29, 0.717) is 11.1 Å². The van der Waals surface area contributed by atoms with Crippen LogP contribution in [0.3, 0.4) is 0 Å². The maximum atomic E-state index is 12.4. The Balaban J connectivity index is 1.97. The molecule has 2 aromatic carbocycles. The van der Waals surface area contributed by atoms with E-state index < -0.39 is 10.0 Å². The van der Waals surface area contributed by atoms with E-state index in [0.717, 1.165) is 5.39 Å². The second kappa shape index (κ2) is 5.07. The predicted octanol–water partition coefficient (Wildman–Crippen LogP) is 2.31. The van der Waals surface area contributed by atoms with E-state index in [-0.39, 0.29) is 11.4 Å². The van der Waals surface area contributed by atoms with Gasteiger partial charge in [0.2, 0.25) is 10.0 Å². The Morgan fingerprint density at radius 2 is 1.85 bits per heavy atom. The number of nitrogens with zero attached hydrogens (tertiary/aromatic N) is 1. The molecule has 3 aromatic rings. The van der Waals surface area contributed by atoms with E-state index >= 15 is 0 Å². The van der Waals surface area contributed by atoms with Crippen molar-refractivity contribution in [1.29, 1.82) is 0 Å². The van der Waals surface area contributed by atoms with Gasteiger partial charge in [-0.3, -0.25) is 0 Å². The van der Waals surface area contributed by atoms with Crippen molar-refractivity contribution in [2.75, 3.05) is 0 Å². The van der Waals surface area contributed by atoms with Crippen molar-refractivity contribution < 1.29 is 12.9 Å². The molecule has 5 nitrogen and oxygen atoms in total. The maximum absolute atomic E-state index is 12.4. The van der Waals surface area contributed by atoms with Crippen LogP contribution < -0.4 is 4.72 Å². The lowest BCUT2D eigenvalue weighted by Crippen LogP contribution is -2.23. The van der Waals surface area contributed by atoms with Crippen LogP contribution in [-0.4, -0.2) is 13.6 Å². The van der Waals surface area contributed by atoms with Crippen molar-refractivity contribution in [2.24, 2.45) is 0 Å². The molecule has 0 radical (unpaired) electrons. The third kappa shape index (κ3) is 2.43. The van der Waals surface area contributed by atoms with Gasteiger partial charge in [0.25, 0.3) is 0 Å². The number of hydrogen-bond donors (Lipinski definition) is 1. The van der Waals surface area contributed by atoms with Crippen LogP contribution in [0.15, 0.2) is 64.2 Å². The van der Waals surface area contributed by atoms with E-state index in [1.54, 1.807) is 24.3 Å². The van der Waals surface area contributed by atoms with Crippen LogP contribution in [-0.2, 0) is 16.6 Å². The summed E-state index contributed by atoms with van der Waals surface area (Å²) >= 11 is 0. The Bertz CT molecular complexity index is 821. The van der Waals surface area contributed by atoms with Crippen LogP contribution in [0.1, 0.15) is 5.69 Å². The van der Waals surface area contributed by atoms with Gasteiger partial charge in [-0.1, -0.05) is 41.6 Å². The van der Waals surface area contributed by atoms with Crippen LogP contribution >= 0.6 is 0 Å². The molecular weight excluding hydrogens is 276 g/mol. The Morgan fingerprint density at radius 1 is 1.05 bits per heavy atom. The number of nitrogens with one attached hydrogen (secondary N) is 1. The fraction of sp³-hybridized carbons (Fsp3) is 0.0714. The zero-order valence-electron chi connectivity index (χ0n) is 10.5. The van der Waals surface area contributed by atoms with E-state index in [2.05, 4.69) is 14.4 Å². The molecule has 6 heteroatoms. The topological polar surface area (TPSA) is 72.2 Å². The molecule has 0 bridgehead atoms. The van der Waals surface area contributed by atoms with E-state index in [1.165, 1.54) is 6.26 Å². The van der Waals surface area contributed by atoms with Crippen LogP contribution in [0.25, 0.3) is 10.8 Å². The number of sulfonamides is 1. The first-order chi connectivity index (χ1) is 9.67. The van der Waals surface area contributed by atoms with Crippen molar-refractivity contribution in [3.05, 3.63) is 60.5 Å². The second-order valence-electron chi connectivity index (χ2n) is 4.29. The SMILES string of the molecule is O=S(=O)(NCc1ccon1)c1cccc2ccccc12. The van der Waals surface area contributed by atoms with Gasteiger partial charge in [-0.2, -0.15) is 0 Å². The first-order valence-electron chi connectivity index (χ1n) is 6.03. The molecule has 1 aromatic heterocycles. The predicted molar refractivity (Wildman–Crippen MR) is 74.5 cm³/mol. The highest BCUT2D eigenvalue weighted by Gasteiger charge is 2.17. The van der Waals surface area contributed by atoms with Crippen molar-refractivity contribution >= 4 is 20.8 Å². The zero-order chi connectivity index (χ0) is 14.0. The van der Waals surface area contributed by atoms with Gasteiger partial charge in [-0.25, -0.2) is 13.1 Å². The number of benzene rings is 2. The summed E-state index contributed by atoms with van der Waals surface area (Å²) in [7, 11) is -3.59. The first kappa shape index (κ1) is 12.8. The minimum absolute atomic E-state index is 0.0993. The van der Waals surface area contributed by atoms with Gasteiger partial charge in [0, 0.05) is 11.5 Å². The Hall–Kier alpha value is -2.18. The summed E-state index contributed by atoms with van der Waals surface area (Å²) in [5.41, 5.74) is 0.536. The summed E-state index contributed by atoms with van der Waals surface area (Å²) < 4.78 is 31.9. The lowest BCUT2D eigenvalue weighted by molar-refractivity contribution is 0.411. The second-order valence-corrected chi connectivity index (χ2v) is 6.03. The average Bonchev–Trinajstić information content (AvgIpc) is 2.98. The number of fused-ring (bicyclic) bond motifs is 1. The highest BCUT2D eigenvalue weighted by molar-refractivity contribution is 7.89. The largest absolute Gasteiger partial charge is 0.364 e. The van der Waals surface area contributed by atoms with Gasteiger partial charge >= 0.3 is 0 Å². The fourth-order valence-electron chi connectivity index (χ4n) is 2.01. The number of aromatic nitrogens is 1. The molecule has 1 heterocycles. The Morgan fingerprint density at radius 3 is 2.65 bits per heavy atom. The quantitative estimate of drug-likeness (QED) is 0.799. The molecule has 0 aliphatic rings. The lowest BCUT2D eigenvalue weighted by Gasteiger charge is -2.08. The molecule has 0 aliphatic carbocycles. The molecule has 20 heavy (non-hydrogen) atoms. The standard InChI is InChI=1S/C14H12N2O3S/c17-20(18,15-10-12-8-9-19-16-12)14-7-3-5-11-4-1-2-6-13(11)14/h1-9,15H,10H2. The molecule has 0 aliphatic heterocycles. The van der Waals surface area contributed by atoms with E-state index in [9.17, 15) is 8.42 Å². The third-order valence-electron chi connectivity index (χ3n) is 2.97. The van der Waals surface area contributed by atoms with Crippen LogP contribution in [0.4, 0.5) is 0 Å². The summed E-state index contributed by atoms with van der Waals surface area (Å²) in [6.07, 6.45) is 1.40. The normalized spacial score (nSPS) is 11.8. The molecule has 0 fully saturated rings. The molecule has 0 saturated heterocycles. The molecule has 0 spiro atoms. The molecule has 1 N–H and O–H groups in total. The number of rotatable bonds is 4. The third-order valence-corrected chi connectivity index (χ3v) is 4.43. The van der Waals surface area contributed by atoms with Gasteiger partial charge in [0.1, 0.15) is 6.26 Å². The summed E-state index contributed by atoms with van der Waals surface area (Å²) in [6, 6.07) is 14.2. The Labute approximate surface area is 116 Å². The van der Waals surface area contributed by atoms with Crippen LogP contribution in [0, 0.1) is 0 Å². The van der Waals surface area contributed by atoms with Crippen molar-refractivity contribution in [3.8, 4) is 0 Å². The highest BCUT2D eigenvalue weighted by Crippen LogP contribution is 2.22. The van der Waals surface area contributed by atoms with E-state index in [4.69, 9.17) is 0 Å². The molecule has 3 rings (SSSR count). The number of hydrogen-bond acceptors (Lipinski definition) is 4. The van der Waals surface area contributed by atoms with E-state index in [1.807, 2.05) is 24.3 Å². The zero-order valence-corrected chi connectivity index (χ0v) is 11.3. The van der Waals surface area contributed by atoms with Crippen LogP contribution in [0.2, 0.25) is 0 Å². The molecule has 102 valence electrons. The highest BCUT2D eigenvalue weighted by atomic mass is 32.2. The van der Waals surface area contributed by atoms with Crippen molar-refractivity contribution in [1.82, 2.24) is 9.88 Å².